The molecular weight excluding hydrogens is 404 g/mol. The van der Waals surface area contributed by atoms with Crippen molar-refractivity contribution in [2.24, 2.45) is 10.9 Å². The third-order valence-corrected chi connectivity index (χ3v) is 5.49. The maximum Gasteiger partial charge on any atom is 0.410 e. The molecular formula is C24H36N6O2. The minimum Gasteiger partial charge on any atom is -0.444 e. The highest BCUT2D eigenvalue weighted by Crippen LogP contribution is 2.20. The highest BCUT2D eigenvalue weighted by molar-refractivity contribution is 5.79. The van der Waals surface area contributed by atoms with Crippen LogP contribution in [-0.2, 0) is 11.3 Å². The van der Waals surface area contributed by atoms with Gasteiger partial charge in [0.05, 0.1) is 18.4 Å². The second-order valence-corrected chi connectivity index (χ2v) is 9.30. The van der Waals surface area contributed by atoms with Gasteiger partial charge < -0.3 is 24.8 Å². The van der Waals surface area contributed by atoms with E-state index in [4.69, 9.17) is 4.74 Å². The lowest BCUT2D eigenvalue weighted by Crippen LogP contribution is -2.45. The molecule has 0 unspecified atom stereocenters. The molecule has 2 N–H and O–H groups in total. The number of guanidine groups is 1. The summed E-state index contributed by atoms with van der Waals surface area (Å²) >= 11 is 0. The second kappa shape index (κ2) is 10.5. The van der Waals surface area contributed by atoms with Crippen LogP contribution in [0.2, 0.25) is 0 Å². The number of hydrogen-bond donors (Lipinski definition) is 2. The van der Waals surface area contributed by atoms with Crippen LogP contribution in [0.25, 0.3) is 11.3 Å². The van der Waals surface area contributed by atoms with Gasteiger partial charge in [-0.3, -0.25) is 4.99 Å². The summed E-state index contributed by atoms with van der Waals surface area (Å²) in [5, 5.41) is 3.48. The maximum absolute atomic E-state index is 12.2. The van der Waals surface area contributed by atoms with E-state index in [9.17, 15) is 4.79 Å². The number of carbonyl (C=O) groups is 1. The first-order valence-corrected chi connectivity index (χ1v) is 11.2. The van der Waals surface area contributed by atoms with Gasteiger partial charge in [-0.15, -0.1) is 0 Å². The summed E-state index contributed by atoms with van der Waals surface area (Å²) in [7, 11) is 3.80. The zero-order chi connectivity index (χ0) is 23.1. The molecule has 2 aromatic rings. The van der Waals surface area contributed by atoms with E-state index >= 15 is 0 Å². The number of ether oxygens (including phenoxy) is 1. The minimum atomic E-state index is -0.456. The van der Waals surface area contributed by atoms with Gasteiger partial charge in [-0.2, -0.15) is 0 Å². The average Bonchev–Trinajstić information content (AvgIpc) is 3.22. The Morgan fingerprint density at radius 2 is 1.97 bits per heavy atom. The first-order chi connectivity index (χ1) is 15.2. The predicted molar refractivity (Wildman–Crippen MR) is 127 cm³/mol. The molecule has 1 aromatic carbocycles. The molecule has 0 bridgehead atoms. The Kier molecular flexibility index (Phi) is 7.77. The summed E-state index contributed by atoms with van der Waals surface area (Å²) in [5.74, 6) is 2.21. The predicted octanol–water partition coefficient (Wildman–Crippen LogP) is 3.73. The molecule has 0 saturated carbocycles. The molecule has 2 heterocycles. The highest BCUT2D eigenvalue weighted by atomic mass is 16.6. The van der Waals surface area contributed by atoms with Crippen LogP contribution in [-0.4, -0.2) is 71.2 Å². The van der Waals surface area contributed by atoms with Crippen LogP contribution in [0.3, 0.4) is 0 Å². The fraction of sp³-hybridized carbons (Fsp3) is 0.542. The van der Waals surface area contributed by atoms with E-state index in [2.05, 4.69) is 37.3 Å². The Morgan fingerprint density at radius 1 is 1.28 bits per heavy atom. The van der Waals surface area contributed by atoms with E-state index in [1.807, 2.05) is 57.1 Å². The van der Waals surface area contributed by atoms with E-state index in [1.54, 1.807) is 7.05 Å². The SMILES string of the molecule is CN=C(NCC1CCN(C(=O)OC(C)(C)C)CC1)N(C)Cc1ncc(-c2ccccc2)[nH]1. The van der Waals surface area contributed by atoms with Crippen molar-refractivity contribution in [3.8, 4) is 11.3 Å². The summed E-state index contributed by atoms with van der Waals surface area (Å²) in [6, 6.07) is 10.2. The summed E-state index contributed by atoms with van der Waals surface area (Å²) in [6.45, 7) is 8.60. The first kappa shape index (κ1) is 23.6. The Labute approximate surface area is 191 Å². The smallest absolute Gasteiger partial charge is 0.410 e. The lowest BCUT2D eigenvalue weighted by molar-refractivity contribution is 0.0185. The van der Waals surface area contributed by atoms with Gasteiger partial charge in [0.1, 0.15) is 11.4 Å². The number of hydrogen-bond acceptors (Lipinski definition) is 4. The normalized spacial score (nSPS) is 15.5. The first-order valence-electron chi connectivity index (χ1n) is 11.2. The number of nitrogens with zero attached hydrogens (tertiary/aromatic N) is 4. The molecule has 1 aromatic heterocycles. The summed E-state index contributed by atoms with van der Waals surface area (Å²) in [5.41, 5.74) is 1.67. The van der Waals surface area contributed by atoms with Gasteiger partial charge in [-0.25, -0.2) is 9.78 Å². The van der Waals surface area contributed by atoms with E-state index in [-0.39, 0.29) is 6.09 Å². The van der Waals surface area contributed by atoms with Gasteiger partial charge in [-0.05, 0) is 45.1 Å². The lowest BCUT2D eigenvalue weighted by atomic mass is 9.97. The summed E-state index contributed by atoms with van der Waals surface area (Å²) < 4.78 is 5.48. The van der Waals surface area contributed by atoms with Crippen molar-refractivity contribution in [3.63, 3.8) is 0 Å². The Balaban J connectivity index is 1.45. The maximum atomic E-state index is 12.2. The van der Waals surface area contributed by atoms with Gasteiger partial charge in [0, 0.05) is 33.7 Å². The Hall–Kier alpha value is -3.03. The van der Waals surface area contributed by atoms with Gasteiger partial charge >= 0.3 is 6.09 Å². The third-order valence-electron chi connectivity index (χ3n) is 5.49. The van der Waals surface area contributed by atoms with Gasteiger partial charge in [0.2, 0.25) is 0 Å². The number of aromatic nitrogens is 2. The van der Waals surface area contributed by atoms with Crippen molar-refractivity contribution in [3.05, 3.63) is 42.4 Å². The molecule has 1 fully saturated rings. The number of piperidine rings is 1. The van der Waals surface area contributed by atoms with E-state index in [0.29, 0.717) is 12.5 Å². The van der Waals surface area contributed by atoms with Crippen LogP contribution in [0.4, 0.5) is 4.79 Å². The zero-order valence-corrected chi connectivity index (χ0v) is 19.9. The summed E-state index contributed by atoms with van der Waals surface area (Å²) in [6.07, 6.45) is 3.55. The van der Waals surface area contributed by atoms with Crippen molar-refractivity contribution in [1.82, 2.24) is 25.1 Å². The van der Waals surface area contributed by atoms with E-state index in [0.717, 1.165) is 55.5 Å². The fourth-order valence-electron chi connectivity index (χ4n) is 3.77. The standard InChI is InChI=1S/C24H36N6O2/c1-24(2,3)32-23(31)30-13-11-18(12-14-30)15-27-22(25-4)29(5)17-21-26-16-20(28-21)19-9-7-6-8-10-19/h6-10,16,18H,11-15,17H2,1-5H3,(H,25,27)(H,26,28). The monoisotopic (exact) mass is 440 g/mol. The van der Waals surface area contributed by atoms with Crippen LogP contribution >= 0.6 is 0 Å². The third kappa shape index (κ3) is 6.73. The van der Waals surface area contributed by atoms with Crippen molar-refractivity contribution < 1.29 is 9.53 Å². The molecule has 3 rings (SSSR count). The molecule has 32 heavy (non-hydrogen) atoms. The Morgan fingerprint density at radius 3 is 2.59 bits per heavy atom. The fourth-order valence-corrected chi connectivity index (χ4v) is 3.77. The molecule has 0 aliphatic carbocycles. The van der Waals surface area contributed by atoms with E-state index in [1.165, 1.54) is 0 Å². The molecule has 0 atom stereocenters. The zero-order valence-electron chi connectivity index (χ0n) is 19.9. The summed E-state index contributed by atoms with van der Waals surface area (Å²) in [4.78, 5) is 28.4. The molecule has 8 heteroatoms. The van der Waals surface area contributed by atoms with Gasteiger partial charge in [0.15, 0.2) is 5.96 Å². The topological polar surface area (TPSA) is 85.8 Å². The molecule has 174 valence electrons. The Bertz CT molecular complexity index is 895. The number of carbonyl (C=O) groups excluding carboxylic acids is 1. The van der Waals surface area contributed by atoms with Crippen molar-refractivity contribution in [2.75, 3.05) is 33.7 Å². The highest BCUT2D eigenvalue weighted by Gasteiger charge is 2.27. The molecule has 1 aliphatic rings. The van der Waals surface area contributed by atoms with Crippen LogP contribution in [0, 0.1) is 5.92 Å². The molecule has 1 saturated heterocycles. The van der Waals surface area contributed by atoms with E-state index < -0.39 is 5.60 Å². The van der Waals surface area contributed by atoms with Crippen molar-refractivity contribution >= 4 is 12.1 Å². The van der Waals surface area contributed by atoms with Crippen LogP contribution in [0.5, 0.6) is 0 Å². The molecule has 8 nitrogen and oxygen atoms in total. The molecule has 1 aliphatic heterocycles. The molecule has 1 amide bonds. The number of rotatable bonds is 5. The van der Waals surface area contributed by atoms with Crippen molar-refractivity contribution in [1.29, 1.82) is 0 Å². The minimum absolute atomic E-state index is 0.215. The number of imidazole rings is 1. The van der Waals surface area contributed by atoms with Crippen LogP contribution < -0.4 is 5.32 Å². The number of nitrogens with one attached hydrogen (secondary N) is 2. The van der Waals surface area contributed by atoms with Gasteiger partial charge in [0.25, 0.3) is 0 Å². The average molecular weight is 441 g/mol. The van der Waals surface area contributed by atoms with Crippen LogP contribution in [0.15, 0.2) is 41.5 Å². The molecule has 0 radical (unpaired) electrons. The number of aliphatic imine (C=N–C) groups is 1. The van der Waals surface area contributed by atoms with Crippen molar-refractivity contribution in [2.45, 2.75) is 45.8 Å². The number of likely N-dealkylation sites (tertiary alicyclic amines) is 1. The second-order valence-electron chi connectivity index (χ2n) is 9.30. The number of amides is 1. The largest absolute Gasteiger partial charge is 0.444 e. The number of benzene rings is 1. The molecule has 0 spiro atoms. The lowest BCUT2D eigenvalue weighted by Gasteiger charge is -2.34. The van der Waals surface area contributed by atoms with Gasteiger partial charge in [-0.1, -0.05) is 30.3 Å². The quantitative estimate of drug-likeness (QED) is 0.547. The number of aromatic amines is 1. The van der Waals surface area contributed by atoms with Crippen LogP contribution in [0.1, 0.15) is 39.4 Å². The number of H-pyrrole nitrogens is 1.